The normalized spacial score (nSPS) is 10.8. The Hall–Kier alpha value is -10.2. The summed E-state index contributed by atoms with van der Waals surface area (Å²) in [6.45, 7) is 14.2. The van der Waals surface area contributed by atoms with Crippen LogP contribution in [0.15, 0.2) is 340 Å². The summed E-state index contributed by atoms with van der Waals surface area (Å²) in [6, 6.07) is 108. The summed E-state index contributed by atoms with van der Waals surface area (Å²) in [5.74, 6) is 2.72. The number of hydrogen-bond donors (Lipinski definition) is 1. The second-order valence-corrected chi connectivity index (χ2v) is 27.2. The largest absolute Gasteiger partial charge is 0.508 e. The minimum absolute atomic E-state index is 0.240. The van der Waals surface area contributed by atoms with Crippen molar-refractivity contribution in [1.29, 1.82) is 0 Å². The van der Waals surface area contributed by atoms with Crippen LogP contribution < -0.4 is 25.7 Å². The number of aromatic hydroxyl groups is 1. The van der Waals surface area contributed by atoms with E-state index in [2.05, 4.69) is 289 Å². The first-order chi connectivity index (χ1) is 47.2. The van der Waals surface area contributed by atoms with E-state index in [0.717, 1.165) is 95.5 Å². The molecule has 2 heterocycles. The molecule has 0 aliphatic heterocycles. The first-order valence-corrected chi connectivity index (χ1v) is 36.0. The predicted molar refractivity (Wildman–Crippen MR) is 409 cm³/mol. The molecule has 0 bridgehead atoms. The molecule has 476 valence electrons. The van der Waals surface area contributed by atoms with Crippen LogP contribution in [-0.2, 0) is 0 Å². The third kappa shape index (κ3) is 17.0. The molecule has 0 amide bonds. The van der Waals surface area contributed by atoms with Crippen LogP contribution in [0, 0.1) is 13.8 Å². The van der Waals surface area contributed by atoms with Crippen LogP contribution in [0.5, 0.6) is 11.5 Å². The van der Waals surface area contributed by atoms with Crippen molar-refractivity contribution in [2.75, 3.05) is 19.6 Å². The number of para-hydroxylation sites is 2. The Balaban J connectivity index is 0.000000155. The predicted octanol–water partition coefficient (Wildman–Crippen LogP) is 21.1. The number of aryl methyl sites for hydroxylation is 2. The highest BCUT2D eigenvalue weighted by Crippen LogP contribution is 2.43. The third-order valence-electron chi connectivity index (χ3n) is 16.3. The maximum Gasteiger partial charge on any atom is 0.150 e. The van der Waals surface area contributed by atoms with Gasteiger partial charge in [0.15, 0.2) is 8.15 Å². The summed E-state index contributed by atoms with van der Waals surface area (Å²) < 4.78 is 11.2. The number of phenols is 1. The number of benzene rings is 12. The first-order valence-electron chi connectivity index (χ1n) is 32.5. The van der Waals surface area contributed by atoms with E-state index >= 15 is 0 Å². The van der Waals surface area contributed by atoms with Gasteiger partial charge in [0, 0.05) is 68.8 Å². The van der Waals surface area contributed by atoms with Gasteiger partial charge in [0.25, 0.3) is 0 Å². The molecule has 2 aromatic heterocycles. The van der Waals surface area contributed by atoms with E-state index in [4.69, 9.17) is 20.7 Å². The van der Waals surface area contributed by atoms with E-state index in [1.165, 1.54) is 40.9 Å². The van der Waals surface area contributed by atoms with E-state index in [9.17, 15) is 5.11 Å². The Kier molecular flexibility index (Phi) is 23.6. The summed E-state index contributed by atoms with van der Waals surface area (Å²) in [4.78, 5) is 12.0. The summed E-state index contributed by atoms with van der Waals surface area (Å²) in [7, 11) is -1.76. The molecule has 0 spiro atoms. The quantitative estimate of drug-likeness (QED) is 0.0920. The van der Waals surface area contributed by atoms with Crippen LogP contribution in [0.2, 0.25) is 0 Å². The van der Waals surface area contributed by atoms with Crippen molar-refractivity contribution in [1.82, 2.24) is 24.0 Å². The SMILES string of the molecule is CCN(CC)CC.Cc1cc(O)cc(-c2nccn2-c2c(-c3ccccc3)cccc2-c2ccccc2)c1.Cc1cc(OP(c2ccccc2)c2ccccc2)cc(-c2nccn2-c2c(-c3ccccc3)cccc2-c2ccccc2)c1.ClP(c1ccccc1)c1ccccc1. The molecule has 96 heavy (non-hydrogen) atoms. The molecule has 0 atom stereocenters. The molecule has 10 heteroatoms. The minimum atomic E-state index is -1.06. The Morgan fingerprint density at radius 3 is 1.00 bits per heavy atom. The fourth-order valence-electron chi connectivity index (χ4n) is 11.6. The molecule has 0 aliphatic rings. The fraction of sp³-hybridized carbons (Fsp3) is 0.0930. The van der Waals surface area contributed by atoms with Gasteiger partial charge in [-0.2, -0.15) is 0 Å². The monoisotopic (exact) mass is 1310 g/mol. The van der Waals surface area contributed by atoms with Crippen LogP contribution in [0.1, 0.15) is 31.9 Å². The zero-order valence-electron chi connectivity index (χ0n) is 54.8. The molecule has 0 radical (unpaired) electrons. The molecule has 0 fully saturated rings. The van der Waals surface area contributed by atoms with Gasteiger partial charge >= 0.3 is 0 Å². The van der Waals surface area contributed by atoms with Crippen LogP contribution in [-0.4, -0.2) is 48.7 Å². The second-order valence-electron chi connectivity index (χ2n) is 22.8. The Labute approximate surface area is 573 Å². The van der Waals surface area contributed by atoms with Crippen LogP contribution in [0.3, 0.4) is 0 Å². The number of halogens is 1. The zero-order valence-corrected chi connectivity index (χ0v) is 57.4. The lowest BCUT2D eigenvalue weighted by Crippen LogP contribution is -2.21. The van der Waals surface area contributed by atoms with E-state index in [-0.39, 0.29) is 5.75 Å². The number of imidazole rings is 2. The maximum atomic E-state index is 10.2. The molecule has 0 unspecified atom stereocenters. The minimum Gasteiger partial charge on any atom is -0.508 e. The van der Waals surface area contributed by atoms with Crippen molar-refractivity contribution >= 4 is 47.9 Å². The molecule has 1 N–H and O–H groups in total. The van der Waals surface area contributed by atoms with Crippen LogP contribution in [0.4, 0.5) is 0 Å². The molecule has 0 saturated carbocycles. The number of rotatable bonds is 17. The lowest BCUT2D eigenvalue weighted by molar-refractivity contribution is 0.321. The van der Waals surface area contributed by atoms with Gasteiger partial charge in [-0.3, -0.25) is 9.13 Å². The van der Waals surface area contributed by atoms with Gasteiger partial charge < -0.3 is 14.5 Å². The first kappa shape index (κ1) is 67.2. The van der Waals surface area contributed by atoms with Gasteiger partial charge in [-0.15, -0.1) is 0 Å². The molecule has 7 nitrogen and oxygen atoms in total. The second kappa shape index (κ2) is 33.7. The molecular formula is C86H78ClN5O2P2. The standard InChI is InChI=1S/C40H31N2OP.C28H22N2O.C12H10ClP.C6H15N/c1-30-27-33(29-34(28-30)43-44(35-19-10-4-11-20-35)36-21-12-5-13-22-36)40-41-25-26-42(40)39-37(31-15-6-2-7-16-31)23-14-24-38(39)32-17-8-3-9-18-32;1-20-17-23(19-24(31)18-20)28-29-15-16-30(28)27-25(21-9-4-2-5-10-21)13-8-14-26(27)22-11-6-3-7-12-22;13-14(11-7-3-1-4-8-11)12-9-5-2-6-10-12;1-4-7(5-2)6-3/h2-29H,1H3;2-19,31H,1H3;1-10H;4-6H2,1-3H3. The highest BCUT2D eigenvalue weighted by molar-refractivity contribution is 7.95. The number of phenolic OH excluding ortho intramolecular Hbond substituents is 1. The van der Waals surface area contributed by atoms with Crippen molar-refractivity contribution in [2.24, 2.45) is 0 Å². The summed E-state index contributed by atoms with van der Waals surface area (Å²) in [5.41, 5.74) is 15.3. The van der Waals surface area contributed by atoms with Crippen molar-refractivity contribution < 1.29 is 9.63 Å². The third-order valence-corrected chi connectivity index (χ3v) is 20.9. The Morgan fingerprint density at radius 1 is 0.365 bits per heavy atom. The Bertz CT molecular complexity index is 4450. The maximum absolute atomic E-state index is 10.2. The highest BCUT2D eigenvalue weighted by atomic mass is 35.7. The van der Waals surface area contributed by atoms with E-state index in [1.54, 1.807) is 12.1 Å². The average Bonchev–Trinajstić information content (AvgIpc) is 1.41. The van der Waals surface area contributed by atoms with E-state index < -0.39 is 15.4 Å². The molecule has 14 aromatic rings. The highest BCUT2D eigenvalue weighted by Gasteiger charge is 2.22. The topological polar surface area (TPSA) is 68.3 Å². The van der Waals surface area contributed by atoms with Crippen molar-refractivity contribution in [3.8, 4) is 90.2 Å². The van der Waals surface area contributed by atoms with Gasteiger partial charge in [0.1, 0.15) is 23.1 Å². The summed E-state index contributed by atoms with van der Waals surface area (Å²) >= 11 is 6.40. The van der Waals surface area contributed by atoms with Crippen molar-refractivity contribution in [3.63, 3.8) is 0 Å². The van der Waals surface area contributed by atoms with Crippen LogP contribution >= 0.6 is 26.7 Å². The van der Waals surface area contributed by atoms with E-state index in [0.29, 0.717) is 0 Å². The van der Waals surface area contributed by atoms with Gasteiger partial charge in [-0.1, -0.05) is 311 Å². The molecule has 12 aromatic carbocycles. The smallest absolute Gasteiger partial charge is 0.150 e. The number of hydrogen-bond acceptors (Lipinski definition) is 5. The number of aromatic nitrogens is 4. The summed E-state index contributed by atoms with van der Waals surface area (Å²) in [5, 5.41) is 14.9. The lowest BCUT2D eigenvalue weighted by Gasteiger charge is -2.21. The van der Waals surface area contributed by atoms with Gasteiger partial charge in [-0.05, 0) is 114 Å². The van der Waals surface area contributed by atoms with E-state index in [1.807, 2.05) is 92.2 Å². The number of nitrogens with zero attached hydrogens (tertiary/aromatic N) is 5. The molecule has 0 aliphatic carbocycles. The van der Waals surface area contributed by atoms with Crippen molar-refractivity contribution in [3.05, 3.63) is 351 Å². The fourth-order valence-corrected chi connectivity index (χ4v) is 15.2. The zero-order chi connectivity index (χ0) is 66.4. The van der Waals surface area contributed by atoms with Gasteiger partial charge in [0.05, 0.1) is 18.6 Å². The molecule has 0 saturated heterocycles. The van der Waals surface area contributed by atoms with Gasteiger partial charge in [-0.25, -0.2) is 9.97 Å². The Morgan fingerprint density at radius 2 is 0.677 bits per heavy atom. The molecule has 14 rings (SSSR count). The molecular weight excluding hydrogens is 1230 g/mol. The van der Waals surface area contributed by atoms with Crippen LogP contribution in [0.25, 0.3) is 78.7 Å². The van der Waals surface area contributed by atoms with Crippen molar-refractivity contribution in [2.45, 2.75) is 34.6 Å². The van der Waals surface area contributed by atoms with Gasteiger partial charge in [0.2, 0.25) is 0 Å². The average molecular weight is 1310 g/mol. The summed E-state index contributed by atoms with van der Waals surface area (Å²) in [6.07, 6.45) is 7.75. The lowest BCUT2D eigenvalue weighted by atomic mass is 9.95.